The number of fused-ring (bicyclic) bond motifs is 1. The molecule has 4 nitrogen and oxygen atoms in total. The molecule has 0 spiro atoms. The molecule has 1 saturated heterocycles. The lowest BCUT2D eigenvalue weighted by molar-refractivity contribution is -0.143. The van der Waals surface area contributed by atoms with Gasteiger partial charge in [-0.3, -0.25) is 9.59 Å². The standard InChI is InChI=1S/C16H19NO3/c18-15(17-9-3-6-12(10-17)16(19)20)14-8-2-5-11-4-1-7-13(11)14/h2,5,8,12H,1,3-4,6-7,9-10H2,(H,19,20). The van der Waals surface area contributed by atoms with Crippen LogP contribution in [-0.4, -0.2) is 35.0 Å². The van der Waals surface area contributed by atoms with Gasteiger partial charge in [0.15, 0.2) is 0 Å². The molecule has 0 aromatic heterocycles. The van der Waals surface area contributed by atoms with Gasteiger partial charge in [-0.1, -0.05) is 12.1 Å². The second-order valence-electron chi connectivity index (χ2n) is 5.73. The topological polar surface area (TPSA) is 57.6 Å². The van der Waals surface area contributed by atoms with E-state index in [1.807, 2.05) is 12.1 Å². The predicted molar refractivity (Wildman–Crippen MR) is 74.7 cm³/mol. The summed E-state index contributed by atoms with van der Waals surface area (Å²) in [4.78, 5) is 25.5. The lowest BCUT2D eigenvalue weighted by Crippen LogP contribution is -2.42. The Kier molecular flexibility index (Phi) is 3.47. The maximum absolute atomic E-state index is 12.7. The molecule has 1 atom stereocenters. The van der Waals surface area contributed by atoms with Crippen molar-refractivity contribution in [3.8, 4) is 0 Å². The number of carbonyl (C=O) groups is 2. The van der Waals surface area contributed by atoms with E-state index in [4.69, 9.17) is 5.11 Å². The lowest BCUT2D eigenvalue weighted by Gasteiger charge is -2.31. The molecule has 1 heterocycles. The van der Waals surface area contributed by atoms with Crippen LogP contribution in [0.25, 0.3) is 0 Å². The van der Waals surface area contributed by atoms with Crippen LogP contribution in [0.5, 0.6) is 0 Å². The molecule has 1 aromatic rings. The molecular formula is C16H19NO3. The maximum Gasteiger partial charge on any atom is 0.308 e. The second-order valence-corrected chi connectivity index (χ2v) is 5.73. The van der Waals surface area contributed by atoms with Crippen LogP contribution in [0.4, 0.5) is 0 Å². The first-order valence-corrected chi connectivity index (χ1v) is 7.29. The molecule has 1 N–H and O–H groups in total. The average Bonchev–Trinajstić information content (AvgIpc) is 2.95. The van der Waals surface area contributed by atoms with Crippen molar-refractivity contribution in [1.82, 2.24) is 4.90 Å². The molecule has 20 heavy (non-hydrogen) atoms. The van der Waals surface area contributed by atoms with Gasteiger partial charge < -0.3 is 10.0 Å². The Balaban J connectivity index is 1.82. The van der Waals surface area contributed by atoms with Gasteiger partial charge >= 0.3 is 5.97 Å². The third-order valence-electron chi connectivity index (χ3n) is 4.43. The van der Waals surface area contributed by atoms with E-state index in [-0.39, 0.29) is 5.91 Å². The van der Waals surface area contributed by atoms with Crippen LogP contribution in [0, 0.1) is 5.92 Å². The van der Waals surface area contributed by atoms with Crippen LogP contribution < -0.4 is 0 Å². The number of amides is 1. The Bertz CT molecular complexity index is 553. The van der Waals surface area contributed by atoms with Crippen molar-refractivity contribution in [3.63, 3.8) is 0 Å². The van der Waals surface area contributed by atoms with Crippen molar-refractivity contribution in [1.29, 1.82) is 0 Å². The van der Waals surface area contributed by atoms with Gasteiger partial charge in [0.1, 0.15) is 0 Å². The van der Waals surface area contributed by atoms with Gasteiger partial charge in [-0.15, -0.1) is 0 Å². The van der Waals surface area contributed by atoms with Gasteiger partial charge in [-0.05, 0) is 49.3 Å². The number of hydrogen-bond donors (Lipinski definition) is 1. The monoisotopic (exact) mass is 273 g/mol. The summed E-state index contributed by atoms with van der Waals surface area (Å²) in [5.74, 6) is -1.19. The Hall–Kier alpha value is -1.84. The molecule has 0 bridgehead atoms. The van der Waals surface area contributed by atoms with Gasteiger partial charge in [0.2, 0.25) is 0 Å². The van der Waals surface area contributed by atoms with E-state index in [1.165, 1.54) is 11.1 Å². The Labute approximate surface area is 118 Å². The molecule has 106 valence electrons. The number of nitrogens with zero attached hydrogens (tertiary/aromatic N) is 1. The number of benzene rings is 1. The molecule has 3 rings (SSSR count). The molecule has 1 amide bonds. The molecule has 0 saturated carbocycles. The smallest absolute Gasteiger partial charge is 0.308 e. The van der Waals surface area contributed by atoms with E-state index < -0.39 is 11.9 Å². The van der Waals surface area contributed by atoms with Crippen LogP contribution in [-0.2, 0) is 17.6 Å². The average molecular weight is 273 g/mol. The third kappa shape index (κ3) is 2.30. The summed E-state index contributed by atoms with van der Waals surface area (Å²) in [6.07, 6.45) is 4.57. The van der Waals surface area contributed by atoms with Crippen molar-refractivity contribution in [3.05, 3.63) is 34.9 Å². The van der Waals surface area contributed by atoms with Crippen LogP contribution in [0.3, 0.4) is 0 Å². The summed E-state index contributed by atoms with van der Waals surface area (Å²) < 4.78 is 0. The summed E-state index contributed by atoms with van der Waals surface area (Å²) in [5.41, 5.74) is 3.24. The first kappa shape index (κ1) is 13.2. The van der Waals surface area contributed by atoms with Crippen LogP contribution >= 0.6 is 0 Å². The van der Waals surface area contributed by atoms with E-state index >= 15 is 0 Å². The second kappa shape index (κ2) is 5.27. The highest BCUT2D eigenvalue weighted by Gasteiger charge is 2.30. The van der Waals surface area contributed by atoms with E-state index in [1.54, 1.807) is 4.90 Å². The Morgan fingerprint density at radius 1 is 1.20 bits per heavy atom. The highest BCUT2D eigenvalue weighted by Crippen LogP contribution is 2.27. The number of piperidine rings is 1. The van der Waals surface area contributed by atoms with Crippen LogP contribution in [0.2, 0.25) is 0 Å². The van der Waals surface area contributed by atoms with Crippen molar-refractivity contribution < 1.29 is 14.7 Å². The molecule has 0 radical (unpaired) electrons. The summed E-state index contributed by atoms with van der Waals surface area (Å²) in [6.45, 7) is 1.02. The predicted octanol–water partition coefficient (Wildman–Crippen LogP) is 2.11. The highest BCUT2D eigenvalue weighted by molar-refractivity contribution is 5.96. The number of rotatable bonds is 2. The van der Waals surface area contributed by atoms with Crippen LogP contribution in [0.1, 0.15) is 40.7 Å². The van der Waals surface area contributed by atoms with Gasteiger partial charge in [-0.2, -0.15) is 0 Å². The highest BCUT2D eigenvalue weighted by atomic mass is 16.4. The number of aryl methyl sites for hydroxylation is 1. The fourth-order valence-electron chi connectivity index (χ4n) is 3.35. The molecule has 1 aliphatic carbocycles. The van der Waals surface area contributed by atoms with Gasteiger partial charge in [0.25, 0.3) is 5.91 Å². The fourth-order valence-corrected chi connectivity index (χ4v) is 3.35. The Morgan fingerprint density at radius 2 is 2.05 bits per heavy atom. The third-order valence-corrected chi connectivity index (χ3v) is 4.43. The van der Waals surface area contributed by atoms with Crippen molar-refractivity contribution in [2.75, 3.05) is 13.1 Å². The fraction of sp³-hybridized carbons (Fsp3) is 0.500. The summed E-state index contributed by atoms with van der Waals surface area (Å²) >= 11 is 0. The number of carboxylic acids is 1. The number of carboxylic acid groups (broad SMARTS) is 1. The lowest BCUT2D eigenvalue weighted by atomic mass is 9.96. The zero-order valence-electron chi connectivity index (χ0n) is 11.5. The van der Waals surface area contributed by atoms with Crippen molar-refractivity contribution in [2.24, 2.45) is 5.92 Å². The summed E-state index contributed by atoms with van der Waals surface area (Å²) in [5, 5.41) is 9.13. The summed E-state index contributed by atoms with van der Waals surface area (Å²) in [7, 11) is 0. The zero-order chi connectivity index (χ0) is 14.1. The Morgan fingerprint density at radius 3 is 2.85 bits per heavy atom. The van der Waals surface area contributed by atoms with Gasteiger partial charge in [-0.25, -0.2) is 0 Å². The molecule has 4 heteroatoms. The van der Waals surface area contributed by atoms with E-state index in [9.17, 15) is 9.59 Å². The molecule has 1 unspecified atom stereocenters. The number of likely N-dealkylation sites (tertiary alicyclic amines) is 1. The first-order valence-electron chi connectivity index (χ1n) is 7.29. The SMILES string of the molecule is O=C(O)C1CCCN(C(=O)c2cccc3c2CCC3)C1. The number of carbonyl (C=O) groups excluding carboxylic acids is 1. The minimum atomic E-state index is -0.791. The van der Waals surface area contributed by atoms with Crippen molar-refractivity contribution >= 4 is 11.9 Å². The summed E-state index contributed by atoms with van der Waals surface area (Å²) in [6, 6.07) is 5.92. The molecule has 1 fully saturated rings. The number of hydrogen-bond acceptors (Lipinski definition) is 2. The molecule has 2 aliphatic rings. The maximum atomic E-state index is 12.7. The van der Waals surface area contributed by atoms with Gasteiger partial charge in [0.05, 0.1) is 5.92 Å². The quantitative estimate of drug-likeness (QED) is 0.898. The van der Waals surface area contributed by atoms with E-state index in [0.29, 0.717) is 19.5 Å². The molecule has 1 aromatic carbocycles. The zero-order valence-corrected chi connectivity index (χ0v) is 11.5. The minimum absolute atomic E-state index is 0.00898. The minimum Gasteiger partial charge on any atom is -0.481 e. The normalized spacial score (nSPS) is 21.6. The van der Waals surface area contributed by atoms with Crippen LogP contribution in [0.15, 0.2) is 18.2 Å². The van der Waals surface area contributed by atoms with Crippen molar-refractivity contribution in [2.45, 2.75) is 32.1 Å². The van der Waals surface area contributed by atoms with E-state index in [0.717, 1.165) is 31.2 Å². The largest absolute Gasteiger partial charge is 0.481 e. The van der Waals surface area contributed by atoms with E-state index in [2.05, 4.69) is 6.07 Å². The molecule has 1 aliphatic heterocycles. The number of aliphatic carboxylic acids is 1. The molecular weight excluding hydrogens is 254 g/mol. The first-order chi connectivity index (χ1) is 9.66. The van der Waals surface area contributed by atoms with Gasteiger partial charge in [0, 0.05) is 18.7 Å².